The predicted octanol–water partition coefficient (Wildman–Crippen LogP) is 6.41. The Labute approximate surface area is 220 Å². The average molecular weight is 495 g/mol. The van der Waals surface area contributed by atoms with Gasteiger partial charge in [-0.15, -0.1) is 0 Å². The lowest BCUT2D eigenvalue weighted by molar-refractivity contribution is -0.137. The molecule has 190 valence electrons. The summed E-state index contributed by atoms with van der Waals surface area (Å²) in [5.74, 6) is -0.807. The maximum atomic E-state index is 13.7. The first-order valence-electron chi connectivity index (χ1n) is 13.2. The van der Waals surface area contributed by atoms with Gasteiger partial charge in [0.1, 0.15) is 13.6 Å². The Kier molecular flexibility index (Phi) is 9.05. The lowest BCUT2D eigenvalue weighted by Gasteiger charge is -2.31. The number of aliphatic carboxylic acids is 1. The van der Waals surface area contributed by atoms with Gasteiger partial charge in [-0.2, -0.15) is 0 Å². The second kappa shape index (κ2) is 12.6. The second-order valence-electron chi connectivity index (χ2n) is 9.57. The van der Waals surface area contributed by atoms with Crippen LogP contribution < -0.4 is 4.74 Å². The molecule has 6 heteroatoms. The Morgan fingerprint density at radius 1 is 0.973 bits per heavy atom. The van der Waals surface area contributed by atoms with Crippen LogP contribution in [-0.2, 0) is 11.2 Å². The lowest BCUT2D eigenvalue weighted by atomic mass is 9.86. The van der Waals surface area contributed by atoms with Gasteiger partial charge in [-0.3, -0.25) is 9.59 Å². The number of benzene rings is 3. The van der Waals surface area contributed by atoms with Crippen LogP contribution in [0.5, 0.6) is 5.75 Å². The number of carbonyl (C=O) groups is 2. The highest BCUT2D eigenvalue weighted by molar-refractivity contribution is 6.14. The molecule has 1 atom stereocenters. The largest absolute Gasteiger partial charge is 0.493 e. The number of carboxylic acids is 1. The van der Waals surface area contributed by atoms with Crippen molar-refractivity contribution in [3.8, 4) is 16.9 Å². The molecule has 1 saturated carbocycles. The highest BCUT2D eigenvalue weighted by Crippen LogP contribution is 2.37. The Morgan fingerprint density at radius 2 is 1.68 bits per heavy atom. The normalized spacial score (nSPS) is 13.6. The highest BCUT2D eigenvalue weighted by Gasteiger charge is 2.37. The topological polar surface area (TPSA) is 66.8 Å². The average Bonchev–Trinajstić information content (AvgIpc) is 3.76. The number of unbranched alkanes of at least 4 members (excludes halogenated alkanes) is 2. The van der Waals surface area contributed by atoms with E-state index in [9.17, 15) is 9.59 Å². The van der Waals surface area contributed by atoms with Crippen molar-refractivity contribution >= 4 is 19.7 Å². The third-order valence-corrected chi connectivity index (χ3v) is 6.85. The van der Waals surface area contributed by atoms with Crippen molar-refractivity contribution in [3.63, 3.8) is 0 Å². The van der Waals surface area contributed by atoms with E-state index >= 15 is 0 Å². The number of carboxylic acid groups (broad SMARTS) is 1. The van der Waals surface area contributed by atoms with Gasteiger partial charge < -0.3 is 14.7 Å². The minimum absolute atomic E-state index is 0.0752. The van der Waals surface area contributed by atoms with Crippen molar-refractivity contribution in [1.82, 2.24) is 4.90 Å². The summed E-state index contributed by atoms with van der Waals surface area (Å²) in [6.45, 7) is 2.62. The highest BCUT2D eigenvalue weighted by atomic mass is 16.5. The van der Waals surface area contributed by atoms with Crippen molar-refractivity contribution in [2.24, 2.45) is 0 Å². The Bertz CT molecular complexity index is 1210. The molecule has 3 aromatic carbocycles. The van der Waals surface area contributed by atoms with Crippen LogP contribution in [0.2, 0.25) is 0 Å². The van der Waals surface area contributed by atoms with Gasteiger partial charge in [-0.25, -0.2) is 0 Å². The van der Waals surface area contributed by atoms with Gasteiger partial charge in [-0.05, 0) is 73.4 Å². The van der Waals surface area contributed by atoms with Crippen molar-refractivity contribution in [3.05, 3.63) is 89.5 Å². The molecular formula is C31H34BNO4. The summed E-state index contributed by atoms with van der Waals surface area (Å²) in [6.07, 6.45) is 5.17. The van der Waals surface area contributed by atoms with Crippen LogP contribution in [-0.4, -0.2) is 42.4 Å². The van der Waals surface area contributed by atoms with E-state index in [-0.39, 0.29) is 18.4 Å². The number of aryl methyl sites for hydroxylation is 1. The number of rotatable bonds is 13. The van der Waals surface area contributed by atoms with Gasteiger partial charge >= 0.3 is 5.97 Å². The maximum Gasteiger partial charge on any atom is 0.303 e. The molecule has 2 radical (unpaired) electrons. The van der Waals surface area contributed by atoms with E-state index in [0.717, 1.165) is 43.2 Å². The van der Waals surface area contributed by atoms with Crippen LogP contribution in [0.3, 0.4) is 0 Å². The van der Waals surface area contributed by atoms with Crippen LogP contribution in [0.15, 0.2) is 72.8 Å². The lowest BCUT2D eigenvalue weighted by Crippen LogP contribution is -2.37. The molecule has 1 aliphatic carbocycles. The number of hydrogen-bond acceptors (Lipinski definition) is 3. The molecule has 0 heterocycles. The molecule has 0 spiro atoms. The molecule has 4 rings (SSSR count). The third-order valence-electron chi connectivity index (χ3n) is 6.85. The molecule has 0 aromatic heterocycles. The molecular weight excluding hydrogens is 461 g/mol. The van der Waals surface area contributed by atoms with Crippen molar-refractivity contribution in [2.75, 3.05) is 6.61 Å². The molecule has 1 amide bonds. The first kappa shape index (κ1) is 26.5. The second-order valence-corrected chi connectivity index (χ2v) is 9.57. The van der Waals surface area contributed by atoms with E-state index in [4.69, 9.17) is 17.7 Å². The van der Waals surface area contributed by atoms with Crippen LogP contribution in [0.4, 0.5) is 0 Å². The van der Waals surface area contributed by atoms with Gasteiger partial charge in [-0.1, -0.05) is 61.5 Å². The fourth-order valence-electron chi connectivity index (χ4n) is 4.67. The van der Waals surface area contributed by atoms with Crippen molar-refractivity contribution < 1.29 is 19.4 Å². The monoisotopic (exact) mass is 495 g/mol. The van der Waals surface area contributed by atoms with Gasteiger partial charge in [0.25, 0.3) is 5.91 Å². The number of hydrogen-bond donors (Lipinski definition) is 1. The first-order chi connectivity index (χ1) is 18.0. The molecule has 1 unspecified atom stereocenters. The quantitative estimate of drug-likeness (QED) is 0.220. The Hall–Kier alpha value is -3.54. The fraction of sp³-hybridized carbons (Fsp3) is 0.355. The molecule has 0 bridgehead atoms. The fourth-order valence-corrected chi connectivity index (χ4v) is 4.67. The van der Waals surface area contributed by atoms with E-state index in [1.165, 1.54) is 11.1 Å². The van der Waals surface area contributed by atoms with E-state index in [0.29, 0.717) is 24.3 Å². The minimum Gasteiger partial charge on any atom is -0.493 e. The summed E-state index contributed by atoms with van der Waals surface area (Å²) in [6, 6.07) is 23.9. The maximum absolute atomic E-state index is 13.7. The summed E-state index contributed by atoms with van der Waals surface area (Å²) in [5.41, 5.74) is 4.97. The number of nitrogens with zero attached hydrogens (tertiary/aromatic N) is 1. The minimum atomic E-state index is -0.775. The molecule has 1 N–H and O–H groups in total. The van der Waals surface area contributed by atoms with Crippen LogP contribution in [0, 0.1) is 0 Å². The van der Waals surface area contributed by atoms with Crippen molar-refractivity contribution in [1.29, 1.82) is 0 Å². The van der Waals surface area contributed by atoms with Gasteiger partial charge in [0.05, 0.1) is 6.61 Å². The van der Waals surface area contributed by atoms with E-state index in [1.54, 1.807) is 4.90 Å². The number of carbonyl (C=O) groups excluding carboxylic acids is 1. The Balaban J connectivity index is 1.47. The SMILES string of the molecule is [B]C(c1ccccc1OCCCCCC(=O)O)N(C(=O)c1ccc(-c2ccccc2CC)cc1)C1CC1. The third kappa shape index (κ3) is 6.82. The molecule has 3 aromatic rings. The van der Waals surface area contributed by atoms with E-state index in [2.05, 4.69) is 25.1 Å². The number of amides is 1. The summed E-state index contributed by atoms with van der Waals surface area (Å²) in [7, 11) is 6.72. The molecule has 0 saturated heterocycles. The molecule has 5 nitrogen and oxygen atoms in total. The van der Waals surface area contributed by atoms with E-state index in [1.807, 2.05) is 54.6 Å². The number of para-hydroxylation sites is 1. The van der Waals surface area contributed by atoms with Crippen LogP contribution >= 0.6 is 0 Å². The molecule has 37 heavy (non-hydrogen) atoms. The first-order valence-corrected chi connectivity index (χ1v) is 13.2. The molecule has 0 aliphatic heterocycles. The Morgan fingerprint density at radius 3 is 2.38 bits per heavy atom. The van der Waals surface area contributed by atoms with Gasteiger partial charge in [0.15, 0.2) is 0 Å². The van der Waals surface area contributed by atoms with E-state index < -0.39 is 11.9 Å². The summed E-state index contributed by atoms with van der Waals surface area (Å²) in [4.78, 5) is 26.1. The smallest absolute Gasteiger partial charge is 0.303 e. The molecule has 1 aliphatic rings. The van der Waals surface area contributed by atoms with Crippen LogP contribution in [0.25, 0.3) is 11.1 Å². The zero-order valence-corrected chi connectivity index (χ0v) is 21.4. The summed E-state index contributed by atoms with van der Waals surface area (Å²) in [5, 5.41) is 8.78. The van der Waals surface area contributed by atoms with Crippen molar-refractivity contribution in [2.45, 2.75) is 63.9 Å². The zero-order valence-electron chi connectivity index (χ0n) is 21.4. The molecule has 1 fully saturated rings. The summed E-state index contributed by atoms with van der Waals surface area (Å²) >= 11 is 0. The van der Waals surface area contributed by atoms with Crippen LogP contribution in [0.1, 0.15) is 72.9 Å². The predicted molar refractivity (Wildman–Crippen MR) is 147 cm³/mol. The number of ether oxygens (including phenoxy) is 1. The zero-order chi connectivity index (χ0) is 26.2. The summed E-state index contributed by atoms with van der Waals surface area (Å²) < 4.78 is 6.02. The standard InChI is InChI=1S/C31H34BNO4/c1-2-22-10-5-6-11-26(22)23-15-17-24(18-16-23)31(36)33(25-19-20-25)30(32)27-12-7-8-13-28(27)37-21-9-3-4-14-29(34)35/h5-8,10-13,15-18,25,30H,2-4,9,14,19-21H2,1H3,(H,34,35). The van der Waals surface area contributed by atoms with Gasteiger partial charge in [0.2, 0.25) is 0 Å². The van der Waals surface area contributed by atoms with Gasteiger partial charge in [0, 0.05) is 29.5 Å².